The highest BCUT2D eigenvalue weighted by Gasteiger charge is 2.01. The molecule has 0 bridgehead atoms. The zero-order valence-corrected chi connectivity index (χ0v) is 9.56. The van der Waals surface area contributed by atoms with E-state index in [-0.39, 0.29) is 12.4 Å². The van der Waals surface area contributed by atoms with Gasteiger partial charge in [-0.25, -0.2) is 5.32 Å². The number of nitrogens with zero attached hydrogens (tertiary/aromatic N) is 1. The fourth-order valence-corrected chi connectivity index (χ4v) is 0.887. The van der Waals surface area contributed by atoms with Crippen molar-refractivity contribution in [1.82, 2.24) is 0 Å². The Morgan fingerprint density at radius 2 is 1.71 bits per heavy atom. The summed E-state index contributed by atoms with van der Waals surface area (Å²) in [4.78, 5) is 0. The maximum absolute atomic E-state index is 5.57. The predicted octanol–water partition coefficient (Wildman–Crippen LogP) is 1.79. The Hall–Kier alpha value is -1.22. The summed E-state index contributed by atoms with van der Waals surface area (Å²) < 4.78 is 2.02. The van der Waals surface area contributed by atoms with Crippen LogP contribution >= 0.6 is 12.4 Å². The summed E-state index contributed by atoms with van der Waals surface area (Å²) in [5.74, 6) is 1.10. The Balaban J connectivity index is 0.00000169. The summed E-state index contributed by atoms with van der Waals surface area (Å²) in [6, 6.07) is 7.68. The van der Waals surface area contributed by atoms with Crippen molar-refractivity contribution in [2.24, 2.45) is 0 Å². The van der Waals surface area contributed by atoms with E-state index in [1.807, 2.05) is 49.9 Å². The second-order valence-corrected chi connectivity index (χ2v) is 3.23. The van der Waals surface area contributed by atoms with Gasteiger partial charge in [-0.15, -0.1) is 12.4 Å². The van der Waals surface area contributed by atoms with Crippen LogP contribution in [0.25, 0.3) is 0 Å². The molecule has 0 saturated heterocycles. The molecule has 3 nitrogen and oxygen atoms in total. The molecule has 0 aliphatic carbocycles. The third-order valence-electron chi connectivity index (χ3n) is 1.91. The van der Waals surface area contributed by atoms with Crippen LogP contribution in [0.1, 0.15) is 6.92 Å². The van der Waals surface area contributed by atoms with Crippen LogP contribution < -0.4 is 11.1 Å². The molecule has 1 rings (SSSR count). The Morgan fingerprint density at radius 1 is 1.21 bits per heavy atom. The van der Waals surface area contributed by atoms with Crippen LogP contribution in [-0.4, -0.2) is 24.5 Å². The lowest BCUT2D eigenvalue weighted by Gasteiger charge is -2.01. The summed E-state index contributed by atoms with van der Waals surface area (Å²) in [6.45, 7) is 2.02. The molecular weight excluding hydrogens is 198 g/mol. The van der Waals surface area contributed by atoms with Gasteiger partial charge in [0.25, 0.3) is 0 Å². The Kier molecular flexibility index (Phi) is 5.02. The number of amidine groups is 1. The number of anilines is 2. The average molecular weight is 215 g/mol. The second kappa shape index (κ2) is 5.50. The summed E-state index contributed by atoms with van der Waals surface area (Å²) in [5, 5.41) is 3.26. The smallest absolute Gasteiger partial charge is 0.246 e. The standard InChI is InChI=1S/C10H15N3.ClH/c1-8(13(2)3)12-10-6-4-9(11)5-7-10;/h4-7H,11H2,1-3H3;1H/p+1. The van der Waals surface area contributed by atoms with Crippen LogP contribution in [0.5, 0.6) is 0 Å². The predicted molar refractivity (Wildman–Crippen MR) is 64.5 cm³/mol. The number of halogens is 1. The van der Waals surface area contributed by atoms with E-state index < -0.39 is 0 Å². The van der Waals surface area contributed by atoms with Gasteiger partial charge < -0.3 is 5.73 Å². The second-order valence-electron chi connectivity index (χ2n) is 3.23. The fourth-order valence-electron chi connectivity index (χ4n) is 0.887. The lowest BCUT2D eigenvalue weighted by atomic mass is 10.3. The van der Waals surface area contributed by atoms with Crippen molar-refractivity contribution in [3.63, 3.8) is 0 Å². The van der Waals surface area contributed by atoms with Gasteiger partial charge in [0, 0.05) is 12.6 Å². The number of hydrogen-bond donors (Lipinski definition) is 2. The maximum atomic E-state index is 5.57. The molecule has 3 N–H and O–H groups in total. The molecule has 0 unspecified atom stereocenters. The Bertz CT molecular complexity index is 313. The topological polar surface area (TPSA) is 41.1 Å². The zero-order chi connectivity index (χ0) is 9.84. The van der Waals surface area contributed by atoms with Crippen LogP contribution in [0.4, 0.5) is 11.4 Å². The molecule has 0 aliphatic heterocycles. The van der Waals surface area contributed by atoms with Crippen molar-refractivity contribution in [2.75, 3.05) is 25.1 Å². The van der Waals surface area contributed by atoms with E-state index >= 15 is 0 Å². The van der Waals surface area contributed by atoms with Crippen molar-refractivity contribution in [1.29, 1.82) is 0 Å². The fraction of sp³-hybridized carbons (Fsp3) is 0.300. The van der Waals surface area contributed by atoms with Crippen LogP contribution in [0.2, 0.25) is 0 Å². The molecule has 4 heteroatoms. The maximum Gasteiger partial charge on any atom is 0.246 e. The highest BCUT2D eigenvalue weighted by molar-refractivity contribution is 5.89. The van der Waals surface area contributed by atoms with Gasteiger partial charge in [0.05, 0.1) is 14.1 Å². The van der Waals surface area contributed by atoms with Crippen LogP contribution in [0, 0.1) is 0 Å². The summed E-state index contributed by atoms with van der Waals surface area (Å²) in [6.07, 6.45) is 0. The molecule has 0 heterocycles. The van der Waals surface area contributed by atoms with Gasteiger partial charge in [0.1, 0.15) is 5.69 Å². The third-order valence-corrected chi connectivity index (χ3v) is 1.91. The van der Waals surface area contributed by atoms with E-state index in [9.17, 15) is 0 Å². The number of rotatable bonds is 1. The van der Waals surface area contributed by atoms with E-state index in [0.717, 1.165) is 17.2 Å². The minimum Gasteiger partial charge on any atom is -0.399 e. The van der Waals surface area contributed by atoms with Gasteiger partial charge in [-0.3, -0.25) is 4.58 Å². The molecule has 1 aromatic carbocycles. The number of nitrogens with two attached hydrogens (primary N) is 1. The molecule has 0 amide bonds. The van der Waals surface area contributed by atoms with E-state index in [4.69, 9.17) is 5.73 Å². The Morgan fingerprint density at radius 3 is 2.14 bits per heavy atom. The lowest BCUT2D eigenvalue weighted by Crippen LogP contribution is -2.18. The summed E-state index contributed by atoms with van der Waals surface area (Å²) in [7, 11) is 4.00. The molecule has 0 fully saturated rings. The van der Waals surface area contributed by atoms with Crippen LogP contribution in [0.15, 0.2) is 24.3 Å². The van der Waals surface area contributed by atoms with Gasteiger partial charge in [-0.1, -0.05) is 0 Å². The van der Waals surface area contributed by atoms with E-state index in [1.165, 1.54) is 0 Å². The first-order chi connectivity index (χ1) is 6.09. The molecule has 78 valence electrons. The minimum atomic E-state index is 0. The molecule has 14 heavy (non-hydrogen) atoms. The average Bonchev–Trinajstić information content (AvgIpc) is 2.08. The minimum absolute atomic E-state index is 0. The molecule has 0 saturated carbocycles. The van der Waals surface area contributed by atoms with E-state index in [0.29, 0.717) is 0 Å². The van der Waals surface area contributed by atoms with E-state index in [1.54, 1.807) is 0 Å². The monoisotopic (exact) mass is 214 g/mol. The number of nitrogen functional groups attached to an aromatic ring is 1. The normalized spacial score (nSPS) is 8.79. The summed E-state index contributed by atoms with van der Waals surface area (Å²) >= 11 is 0. The number of hydrogen-bond acceptors (Lipinski definition) is 1. The van der Waals surface area contributed by atoms with Crippen molar-refractivity contribution < 1.29 is 4.58 Å². The molecule has 0 atom stereocenters. The molecule has 0 aromatic heterocycles. The Labute approximate surface area is 91.0 Å². The number of benzene rings is 1. The van der Waals surface area contributed by atoms with Crippen molar-refractivity contribution in [2.45, 2.75) is 6.92 Å². The van der Waals surface area contributed by atoms with Crippen LogP contribution in [-0.2, 0) is 0 Å². The highest BCUT2D eigenvalue weighted by atomic mass is 35.5. The first-order valence-corrected chi connectivity index (χ1v) is 4.23. The quantitative estimate of drug-likeness (QED) is 0.324. The highest BCUT2D eigenvalue weighted by Crippen LogP contribution is 2.09. The van der Waals surface area contributed by atoms with Gasteiger partial charge in [0.15, 0.2) is 0 Å². The summed E-state index contributed by atoms with van der Waals surface area (Å²) in [5.41, 5.74) is 7.41. The molecule has 1 aromatic rings. The number of nitrogens with one attached hydrogen (secondary N) is 1. The van der Waals surface area contributed by atoms with Crippen molar-refractivity contribution in [3.05, 3.63) is 24.3 Å². The molecular formula is C10H17ClN3+. The van der Waals surface area contributed by atoms with Gasteiger partial charge >= 0.3 is 0 Å². The van der Waals surface area contributed by atoms with Gasteiger partial charge in [-0.05, 0) is 24.3 Å². The lowest BCUT2D eigenvalue weighted by molar-refractivity contribution is -0.464. The first-order valence-electron chi connectivity index (χ1n) is 4.23. The van der Waals surface area contributed by atoms with Crippen molar-refractivity contribution in [3.8, 4) is 0 Å². The van der Waals surface area contributed by atoms with E-state index in [2.05, 4.69) is 5.32 Å². The van der Waals surface area contributed by atoms with Crippen molar-refractivity contribution >= 4 is 29.6 Å². The zero-order valence-electron chi connectivity index (χ0n) is 8.74. The molecule has 0 aliphatic rings. The SMILES string of the molecule is CC(Nc1ccc(N)cc1)=[N+](C)C.Cl. The first kappa shape index (κ1) is 12.8. The third kappa shape index (κ3) is 3.66. The largest absolute Gasteiger partial charge is 0.399 e. The van der Waals surface area contributed by atoms with Gasteiger partial charge in [0.2, 0.25) is 5.84 Å². The molecule has 0 spiro atoms. The van der Waals surface area contributed by atoms with Crippen LogP contribution in [0.3, 0.4) is 0 Å². The molecule has 0 radical (unpaired) electrons. The van der Waals surface area contributed by atoms with Gasteiger partial charge in [-0.2, -0.15) is 0 Å².